The van der Waals surface area contributed by atoms with Crippen molar-refractivity contribution in [2.24, 2.45) is 5.92 Å². The number of rotatable bonds is 4. The van der Waals surface area contributed by atoms with Gasteiger partial charge in [0.15, 0.2) is 0 Å². The van der Waals surface area contributed by atoms with Gasteiger partial charge in [-0.15, -0.1) is 0 Å². The number of carbonyl (C=O) groups is 2. The van der Waals surface area contributed by atoms with Crippen molar-refractivity contribution in [3.8, 4) is 5.75 Å². The Kier molecular flexibility index (Phi) is 3.97. The van der Waals surface area contributed by atoms with E-state index in [4.69, 9.17) is 9.47 Å². The summed E-state index contributed by atoms with van der Waals surface area (Å²) in [5, 5.41) is 3.24. The van der Waals surface area contributed by atoms with Crippen LogP contribution in [0, 0.1) is 5.92 Å². The first kappa shape index (κ1) is 16.4. The number of benzene rings is 1. The van der Waals surface area contributed by atoms with Crippen molar-refractivity contribution in [3.05, 3.63) is 29.8 Å². The van der Waals surface area contributed by atoms with E-state index < -0.39 is 5.54 Å². The number of ether oxygens (including phenoxy) is 2. The maximum Gasteiger partial charge on any atom is 0.307 e. The third-order valence-corrected chi connectivity index (χ3v) is 6.28. The van der Waals surface area contributed by atoms with Gasteiger partial charge in [-0.2, -0.15) is 0 Å². The molecule has 3 aliphatic rings. The summed E-state index contributed by atoms with van der Waals surface area (Å²) in [5.41, 5.74) is 0.664. The van der Waals surface area contributed by atoms with Crippen molar-refractivity contribution < 1.29 is 19.1 Å². The summed E-state index contributed by atoms with van der Waals surface area (Å²) in [6.07, 6.45) is 5.82. The van der Waals surface area contributed by atoms with E-state index in [2.05, 4.69) is 11.4 Å². The normalized spacial score (nSPS) is 28.8. The molecule has 4 rings (SSSR count). The fourth-order valence-corrected chi connectivity index (χ4v) is 4.80. The summed E-state index contributed by atoms with van der Waals surface area (Å²) in [5.74, 6) is 0.730. The minimum absolute atomic E-state index is 0.0207. The number of nitrogens with one attached hydrogen (secondary N) is 1. The van der Waals surface area contributed by atoms with E-state index in [-0.39, 0.29) is 29.6 Å². The van der Waals surface area contributed by atoms with Gasteiger partial charge in [0.1, 0.15) is 5.75 Å². The minimum atomic E-state index is -0.418. The predicted octanol–water partition coefficient (Wildman–Crippen LogP) is 2.72. The third-order valence-electron chi connectivity index (χ3n) is 6.28. The molecule has 0 radical (unpaired) electrons. The molecule has 1 amide bonds. The van der Waals surface area contributed by atoms with Gasteiger partial charge in [0.25, 0.3) is 0 Å². The first-order valence-electron chi connectivity index (χ1n) is 9.20. The summed E-state index contributed by atoms with van der Waals surface area (Å²) in [4.78, 5) is 24.8. The Morgan fingerprint density at radius 2 is 2.00 bits per heavy atom. The molecule has 0 saturated heterocycles. The Morgan fingerprint density at radius 3 is 2.76 bits per heavy atom. The molecule has 1 heterocycles. The molecule has 2 atom stereocenters. The van der Waals surface area contributed by atoms with Gasteiger partial charge in [0.2, 0.25) is 5.91 Å². The molecule has 1 aromatic carbocycles. The van der Waals surface area contributed by atoms with Gasteiger partial charge in [-0.25, -0.2) is 0 Å². The van der Waals surface area contributed by atoms with Crippen LogP contribution in [0.1, 0.15) is 50.5 Å². The lowest BCUT2D eigenvalue weighted by molar-refractivity contribution is -0.142. The smallest absolute Gasteiger partial charge is 0.307 e. The molecule has 25 heavy (non-hydrogen) atoms. The Hall–Kier alpha value is -2.04. The first-order chi connectivity index (χ1) is 12.1. The first-order valence-corrected chi connectivity index (χ1v) is 9.20. The lowest BCUT2D eigenvalue weighted by Crippen LogP contribution is -2.49. The fraction of sp³-hybridized carbons (Fsp3) is 0.600. The topological polar surface area (TPSA) is 64.6 Å². The largest absolute Gasteiger partial charge is 0.493 e. The zero-order valence-electron chi connectivity index (χ0n) is 14.7. The van der Waals surface area contributed by atoms with E-state index in [1.165, 1.54) is 7.11 Å². The molecule has 2 fully saturated rings. The molecule has 2 unspecified atom stereocenters. The highest BCUT2D eigenvalue weighted by Crippen LogP contribution is 2.60. The molecule has 0 aromatic heterocycles. The molecular formula is C20H25NO4. The number of para-hydroxylation sites is 1. The van der Waals surface area contributed by atoms with Gasteiger partial charge in [0.05, 0.1) is 25.7 Å². The van der Waals surface area contributed by atoms with Gasteiger partial charge in [0, 0.05) is 16.9 Å². The Morgan fingerprint density at radius 1 is 1.24 bits per heavy atom. The molecule has 134 valence electrons. The van der Waals surface area contributed by atoms with Crippen LogP contribution in [-0.4, -0.2) is 31.1 Å². The standard InChI is InChI=1S/C20H25NO4/c1-24-17(22)13-19(8-4-5-9-19)21-18(23)15-12-20(15)10-11-25-16-7-3-2-6-14(16)20/h2-3,6-7,15H,4-5,8-13H2,1H3,(H,21,23). The quantitative estimate of drug-likeness (QED) is 0.854. The lowest BCUT2D eigenvalue weighted by atomic mass is 9.86. The van der Waals surface area contributed by atoms with E-state index >= 15 is 0 Å². The van der Waals surface area contributed by atoms with Crippen molar-refractivity contribution in [2.75, 3.05) is 13.7 Å². The molecule has 2 aliphatic carbocycles. The number of methoxy groups -OCH3 is 1. The van der Waals surface area contributed by atoms with Crippen molar-refractivity contribution >= 4 is 11.9 Å². The summed E-state index contributed by atoms with van der Waals surface area (Å²) < 4.78 is 10.6. The van der Waals surface area contributed by atoms with Crippen molar-refractivity contribution in [3.63, 3.8) is 0 Å². The van der Waals surface area contributed by atoms with Crippen LogP contribution < -0.4 is 10.1 Å². The SMILES string of the molecule is COC(=O)CC1(NC(=O)C2CC23CCOc2ccccc23)CCCC1. The van der Waals surface area contributed by atoms with Crippen molar-refractivity contribution in [2.45, 2.75) is 55.9 Å². The number of esters is 1. The van der Waals surface area contributed by atoms with Crippen molar-refractivity contribution in [1.82, 2.24) is 5.32 Å². The fourth-order valence-electron chi connectivity index (χ4n) is 4.80. The molecule has 5 nitrogen and oxygen atoms in total. The maximum atomic E-state index is 13.0. The van der Waals surface area contributed by atoms with E-state index in [1.54, 1.807) is 0 Å². The summed E-state index contributed by atoms with van der Waals surface area (Å²) in [6.45, 7) is 0.661. The average Bonchev–Trinajstić information content (AvgIpc) is 3.16. The molecule has 1 aromatic rings. The minimum Gasteiger partial charge on any atom is -0.493 e. The number of hydrogen-bond acceptors (Lipinski definition) is 4. The van der Waals surface area contributed by atoms with Crippen LogP contribution in [0.3, 0.4) is 0 Å². The van der Waals surface area contributed by atoms with Crippen LogP contribution in [0.2, 0.25) is 0 Å². The van der Waals surface area contributed by atoms with Crippen LogP contribution in [0.5, 0.6) is 5.75 Å². The second-order valence-electron chi connectivity index (χ2n) is 7.74. The Bertz CT molecular complexity index is 695. The molecule has 1 N–H and O–H groups in total. The summed E-state index contributed by atoms with van der Waals surface area (Å²) in [6, 6.07) is 8.05. The molecule has 1 spiro atoms. The van der Waals surface area contributed by atoms with E-state index in [9.17, 15) is 9.59 Å². The highest BCUT2D eigenvalue weighted by atomic mass is 16.5. The monoisotopic (exact) mass is 343 g/mol. The predicted molar refractivity (Wildman–Crippen MR) is 92.3 cm³/mol. The third kappa shape index (κ3) is 2.79. The van der Waals surface area contributed by atoms with Gasteiger partial charge in [-0.3, -0.25) is 9.59 Å². The van der Waals surface area contributed by atoms with Gasteiger partial charge in [-0.05, 0) is 31.7 Å². The lowest BCUT2D eigenvalue weighted by Gasteiger charge is -2.31. The second kappa shape index (κ2) is 6.04. The second-order valence-corrected chi connectivity index (χ2v) is 7.74. The van der Waals surface area contributed by atoms with Crippen LogP contribution in [0.15, 0.2) is 24.3 Å². The zero-order valence-corrected chi connectivity index (χ0v) is 14.7. The molecule has 0 bridgehead atoms. The number of amides is 1. The Balaban J connectivity index is 1.51. The van der Waals surface area contributed by atoms with Crippen LogP contribution in [-0.2, 0) is 19.7 Å². The van der Waals surface area contributed by atoms with Gasteiger partial charge in [-0.1, -0.05) is 31.0 Å². The van der Waals surface area contributed by atoms with E-state index in [1.807, 2.05) is 18.2 Å². The van der Waals surface area contributed by atoms with Crippen LogP contribution >= 0.6 is 0 Å². The molecule has 5 heteroatoms. The number of fused-ring (bicyclic) bond motifs is 2. The number of carbonyl (C=O) groups excluding carboxylic acids is 2. The van der Waals surface area contributed by atoms with E-state index in [0.29, 0.717) is 6.61 Å². The van der Waals surface area contributed by atoms with Gasteiger partial charge < -0.3 is 14.8 Å². The van der Waals surface area contributed by atoms with Crippen LogP contribution in [0.4, 0.5) is 0 Å². The van der Waals surface area contributed by atoms with E-state index in [0.717, 1.165) is 49.8 Å². The summed E-state index contributed by atoms with van der Waals surface area (Å²) >= 11 is 0. The molecular weight excluding hydrogens is 318 g/mol. The highest BCUT2D eigenvalue weighted by molar-refractivity contribution is 5.86. The van der Waals surface area contributed by atoms with Crippen LogP contribution in [0.25, 0.3) is 0 Å². The average molecular weight is 343 g/mol. The Labute approximate surface area is 148 Å². The molecule has 1 aliphatic heterocycles. The highest BCUT2D eigenvalue weighted by Gasteiger charge is 2.61. The van der Waals surface area contributed by atoms with Gasteiger partial charge >= 0.3 is 5.97 Å². The maximum absolute atomic E-state index is 13.0. The number of hydrogen-bond donors (Lipinski definition) is 1. The zero-order chi connectivity index (χ0) is 17.5. The molecule has 2 saturated carbocycles. The summed E-state index contributed by atoms with van der Waals surface area (Å²) in [7, 11) is 1.40. The van der Waals surface area contributed by atoms with Crippen molar-refractivity contribution in [1.29, 1.82) is 0 Å².